The molecule has 0 N–H and O–H groups in total. The first kappa shape index (κ1) is 9.70. The molecule has 1 aliphatic rings. The van der Waals surface area contributed by atoms with Gasteiger partial charge in [0.1, 0.15) is 0 Å². The highest BCUT2D eigenvalue weighted by Crippen LogP contribution is 2.27. The minimum atomic E-state index is 0.794. The largest absolute Gasteiger partial charge is 0.261 e. The molecule has 1 aromatic heterocycles. The van der Waals surface area contributed by atoms with E-state index < -0.39 is 0 Å². The van der Waals surface area contributed by atoms with E-state index in [0.717, 1.165) is 11.8 Å². The second kappa shape index (κ2) is 4.12. The molecule has 76 valence electrons. The third-order valence-corrected chi connectivity index (χ3v) is 3.40. The fourth-order valence-corrected chi connectivity index (χ4v) is 2.36. The Morgan fingerprint density at radius 2 is 2.29 bits per heavy atom. The Balaban J connectivity index is 2.22. The van der Waals surface area contributed by atoms with Crippen molar-refractivity contribution in [1.29, 1.82) is 0 Å². The highest BCUT2D eigenvalue weighted by Gasteiger charge is 2.19. The second-order valence-corrected chi connectivity index (χ2v) is 4.71. The summed E-state index contributed by atoms with van der Waals surface area (Å²) in [7, 11) is 0. The number of nitrogens with zero attached hydrogens (tertiary/aromatic N) is 1. The van der Waals surface area contributed by atoms with E-state index in [1.165, 1.54) is 36.9 Å². The van der Waals surface area contributed by atoms with Crippen LogP contribution in [0.5, 0.6) is 0 Å². The topological polar surface area (TPSA) is 12.9 Å². The first-order valence-electron chi connectivity index (χ1n) is 5.70. The molecule has 0 amide bonds. The highest BCUT2D eigenvalue weighted by molar-refractivity contribution is 5.21. The van der Waals surface area contributed by atoms with Crippen molar-refractivity contribution in [2.24, 2.45) is 11.8 Å². The van der Waals surface area contributed by atoms with Gasteiger partial charge in [0.15, 0.2) is 0 Å². The van der Waals surface area contributed by atoms with Crippen LogP contribution in [0.15, 0.2) is 18.3 Å². The van der Waals surface area contributed by atoms with E-state index in [4.69, 9.17) is 0 Å². The summed E-state index contributed by atoms with van der Waals surface area (Å²) in [5.74, 6) is 1.63. The Morgan fingerprint density at radius 1 is 1.43 bits per heavy atom. The fraction of sp³-hybridized carbons (Fsp3) is 0.615. The molecule has 2 rings (SSSR count). The maximum absolute atomic E-state index is 4.51. The molecular formula is C13H19N. The summed E-state index contributed by atoms with van der Waals surface area (Å²) in [5.41, 5.74) is 2.83. The molecule has 14 heavy (non-hydrogen) atoms. The lowest BCUT2D eigenvalue weighted by atomic mass is 9.88. The quantitative estimate of drug-likeness (QED) is 0.618. The number of rotatable bonds is 1. The van der Waals surface area contributed by atoms with Gasteiger partial charge in [-0.05, 0) is 49.1 Å². The molecule has 0 aliphatic heterocycles. The van der Waals surface area contributed by atoms with Crippen LogP contribution in [0.2, 0.25) is 0 Å². The van der Waals surface area contributed by atoms with Crippen LogP contribution in [0, 0.1) is 11.8 Å². The van der Waals surface area contributed by atoms with E-state index in [1.54, 1.807) is 0 Å². The maximum Gasteiger partial charge on any atom is 0.0438 e. The smallest absolute Gasteiger partial charge is 0.0438 e. The first-order chi connectivity index (χ1) is 6.77. The van der Waals surface area contributed by atoms with Crippen molar-refractivity contribution in [3.05, 3.63) is 29.6 Å². The van der Waals surface area contributed by atoms with Crippen LogP contribution in [0.25, 0.3) is 0 Å². The van der Waals surface area contributed by atoms with Gasteiger partial charge in [-0.3, -0.25) is 4.98 Å². The number of aryl methyl sites for hydroxylation is 1. The van der Waals surface area contributed by atoms with Crippen LogP contribution >= 0.6 is 0 Å². The van der Waals surface area contributed by atoms with Crippen molar-refractivity contribution in [1.82, 2.24) is 4.98 Å². The predicted molar refractivity (Wildman–Crippen MR) is 59.2 cm³/mol. The standard InChI is InChI=1S/C13H19N/c1-10(2)12-6-3-5-11-7-4-8-14-13(11)9-12/h4,7-8,10,12H,3,5-6,9H2,1-2H3. The lowest BCUT2D eigenvalue weighted by molar-refractivity contribution is 0.355. The van der Waals surface area contributed by atoms with Gasteiger partial charge in [-0.1, -0.05) is 19.9 Å². The Labute approximate surface area is 86.6 Å². The van der Waals surface area contributed by atoms with E-state index in [9.17, 15) is 0 Å². The highest BCUT2D eigenvalue weighted by atomic mass is 14.7. The van der Waals surface area contributed by atoms with Gasteiger partial charge in [0, 0.05) is 11.9 Å². The molecule has 0 saturated carbocycles. The molecule has 1 aliphatic carbocycles. The van der Waals surface area contributed by atoms with Crippen LogP contribution < -0.4 is 0 Å². The molecule has 1 atom stereocenters. The van der Waals surface area contributed by atoms with Gasteiger partial charge < -0.3 is 0 Å². The van der Waals surface area contributed by atoms with Crippen LogP contribution in [-0.2, 0) is 12.8 Å². The lowest BCUT2D eigenvalue weighted by Gasteiger charge is -2.17. The zero-order valence-electron chi connectivity index (χ0n) is 9.16. The van der Waals surface area contributed by atoms with Crippen LogP contribution in [0.3, 0.4) is 0 Å². The van der Waals surface area contributed by atoms with Crippen LogP contribution in [0.1, 0.15) is 37.9 Å². The third-order valence-electron chi connectivity index (χ3n) is 3.40. The van der Waals surface area contributed by atoms with E-state index in [-0.39, 0.29) is 0 Å². The summed E-state index contributed by atoms with van der Waals surface area (Å²) in [6.45, 7) is 4.66. The minimum Gasteiger partial charge on any atom is -0.261 e. The maximum atomic E-state index is 4.51. The number of pyridine rings is 1. The zero-order chi connectivity index (χ0) is 9.97. The summed E-state index contributed by atoms with van der Waals surface area (Å²) < 4.78 is 0. The van der Waals surface area contributed by atoms with Crippen molar-refractivity contribution in [2.45, 2.75) is 39.5 Å². The fourth-order valence-electron chi connectivity index (χ4n) is 2.36. The molecule has 0 aromatic carbocycles. The summed E-state index contributed by atoms with van der Waals surface area (Å²) in [5, 5.41) is 0. The molecule has 1 unspecified atom stereocenters. The molecule has 0 radical (unpaired) electrons. The number of aromatic nitrogens is 1. The van der Waals surface area contributed by atoms with Gasteiger partial charge >= 0.3 is 0 Å². The summed E-state index contributed by atoms with van der Waals surface area (Å²) in [6, 6.07) is 4.31. The normalized spacial score (nSPS) is 21.8. The van der Waals surface area contributed by atoms with Crippen LogP contribution in [0.4, 0.5) is 0 Å². The van der Waals surface area contributed by atoms with E-state index in [1.807, 2.05) is 6.20 Å². The number of fused-ring (bicyclic) bond motifs is 1. The SMILES string of the molecule is CC(C)C1CCCc2cccnc2C1. The molecule has 0 spiro atoms. The molecule has 1 heterocycles. The van der Waals surface area contributed by atoms with Gasteiger partial charge in [-0.15, -0.1) is 0 Å². The molecule has 0 saturated heterocycles. The Bertz CT molecular complexity index is 304. The zero-order valence-corrected chi connectivity index (χ0v) is 9.16. The number of hydrogen-bond acceptors (Lipinski definition) is 1. The molecular weight excluding hydrogens is 170 g/mol. The average molecular weight is 189 g/mol. The van der Waals surface area contributed by atoms with Crippen LogP contribution in [-0.4, -0.2) is 4.98 Å². The Morgan fingerprint density at radius 3 is 3.07 bits per heavy atom. The second-order valence-electron chi connectivity index (χ2n) is 4.71. The predicted octanol–water partition coefficient (Wildman–Crippen LogP) is 3.23. The lowest BCUT2D eigenvalue weighted by Crippen LogP contribution is -2.11. The van der Waals surface area contributed by atoms with Gasteiger partial charge in [0.25, 0.3) is 0 Å². The van der Waals surface area contributed by atoms with Crippen molar-refractivity contribution in [3.8, 4) is 0 Å². The van der Waals surface area contributed by atoms with Gasteiger partial charge in [0.2, 0.25) is 0 Å². The Hall–Kier alpha value is -0.850. The molecule has 1 aromatic rings. The van der Waals surface area contributed by atoms with E-state index in [2.05, 4.69) is 31.0 Å². The number of hydrogen-bond donors (Lipinski definition) is 0. The molecule has 1 nitrogen and oxygen atoms in total. The van der Waals surface area contributed by atoms with Crippen molar-refractivity contribution < 1.29 is 0 Å². The van der Waals surface area contributed by atoms with Gasteiger partial charge in [-0.25, -0.2) is 0 Å². The summed E-state index contributed by atoms with van der Waals surface area (Å²) >= 11 is 0. The minimum absolute atomic E-state index is 0.794. The third kappa shape index (κ3) is 1.97. The summed E-state index contributed by atoms with van der Waals surface area (Å²) in [4.78, 5) is 4.51. The molecule has 0 fully saturated rings. The van der Waals surface area contributed by atoms with Gasteiger partial charge in [-0.2, -0.15) is 0 Å². The average Bonchev–Trinajstić information content (AvgIpc) is 2.39. The van der Waals surface area contributed by atoms with E-state index >= 15 is 0 Å². The van der Waals surface area contributed by atoms with Crippen molar-refractivity contribution in [3.63, 3.8) is 0 Å². The summed E-state index contributed by atoms with van der Waals surface area (Å²) in [6.07, 6.45) is 7.05. The molecule has 0 bridgehead atoms. The molecule has 1 heteroatoms. The Kier molecular flexibility index (Phi) is 2.85. The van der Waals surface area contributed by atoms with Crippen molar-refractivity contribution >= 4 is 0 Å². The van der Waals surface area contributed by atoms with Crippen molar-refractivity contribution in [2.75, 3.05) is 0 Å². The van der Waals surface area contributed by atoms with E-state index in [0.29, 0.717) is 0 Å². The monoisotopic (exact) mass is 189 g/mol. The van der Waals surface area contributed by atoms with Gasteiger partial charge in [0.05, 0.1) is 0 Å². The first-order valence-corrected chi connectivity index (χ1v) is 5.70.